The van der Waals surface area contributed by atoms with E-state index in [-0.39, 0.29) is 11.3 Å². The first-order valence-corrected chi connectivity index (χ1v) is 14.5. The topological polar surface area (TPSA) is 80.4 Å². The number of hydrogen-bond donors (Lipinski definition) is 2. The Labute approximate surface area is 235 Å². The molecule has 3 aliphatic rings. The molecule has 2 atom stereocenters. The molecule has 3 aromatic rings. The first-order chi connectivity index (χ1) is 18.9. The molecular formula is C30H38ClN7O. The molecule has 39 heavy (non-hydrogen) atoms. The quantitative estimate of drug-likeness (QED) is 0.419. The second-order valence-corrected chi connectivity index (χ2v) is 12.3. The summed E-state index contributed by atoms with van der Waals surface area (Å²) >= 11 is 6.55. The van der Waals surface area contributed by atoms with Gasteiger partial charge < -0.3 is 20.1 Å². The molecule has 0 radical (unpaired) electrons. The predicted octanol–water partition coefficient (Wildman–Crippen LogP) is 4.65. The van der Waals surface area contributed by atoms with E-state index in [1.165, 1.54) is 19.3 Å². The SMILES string of the molecule is CN(C)C/C=C/C(=O)N1CC2(CCN([C@H]3CCCC(Nc4ncc(Cl)c(-c5c[nH]c6ccccc56)n4)C3)C2)C1. The Bertz CT molecular complexity index is 1360. The van der Waals surface area contributed by atoms with Gasteiger partial charge in [-0.25, -0.2) is 9.97 Å². The molecule has 0 bridgehead atoms. The van der Waals surface area contributed by atoms with E-state index in [4.69, 9.17) is 16.6 Å². The largest absolute Gasteiger partial charge is 0.360 e. The van der Waals surface area contributed by atoms with E-state index in [0.29, 0.717) is 23.1 Å². The van der Waals surface area contributed by atoms with Gasteiger partial charge in [0.15, 0.2) is 0 Å². The maximum absolute atomic E-state index is 12.5. The number of para-hydroxylation sites is 1. The smallest absolute Gasteiger partial charge is 0.246 e. The van der Waals surface area contributed by atoms with Gasteiger partial charge in [-0.05, 0) is 58.8 Å². The minimum Gasteiger partial charge on any atom is -0.360 e. The average molecular weight is 548 g/mol. The van der Waals surface area contributed by atoms with Gasteiger partial charge >= 0.3 is 0 Å². The zero-order valence-corrected chi connectivity index (χ0v) is 23.6. The Morgan fingerprint density at radius 2 is 2.10 bits per heavy atom. The zero-order chi connectivity index (χ0) is 27.0. The standard InChI is InChI=1S/C30H38ClN7O/c1-36(2)13-6-11-27(39)38-19-30(20-38)12-14-37(18-30)22-8-5-7-21(15-22)34-29-33-17-25(31)28(35-29)24-16-32-26-10-4-3-9-23(24)26/h3-4,6,9-11,16-17,21-22,32H,5,7-8,12-15,18-20H2,1-2H3,(H,33,34,35)/b11-6+/t21?,22-/m0/s1. The maximum Gasteiger partial charge on any atom is 0.246 e. The molecule has 206 valence electrons. The van der Waals surface area contributed by atoms with E-state index >= 15 is 0 Å². The lowest BCUT2D eigenvalue weighted by molar-refractivity contribution is -0.137. The molecule has 1 spiro atoms. The first kappa shape index (κ1) is 26.3. The summed E-state index contributed by atoms with van der Waals surface area (Å²) in [5.74, 6) is 0.788. The van der Waals surface area contributed by atoms with E-state index < -0.39 is 0 Å². The van der Waals surface area contributed by atoms with Crippen LogP contribution in [-0.2, 0) is 4.79 Å². The molecule has 1 aliphatic carbocycles. The summed E-state index contributed by atoms with van der Waals surface area (Å²) in [6, 6.07) is 9.07. The van der Waals surface area contributed by atoms with Crippen molar-refractivity contribution in [1.29, 1.82) is 0 Å². The number of halogens is 1. The number of likely N-dealkylation sites (N-methyl/N-ethyl adjacent to an activating group) is 1. The number of rotatable bonds is 7. The molecule has 6 rings (SSSR count). The molecule has 2 N–H and O–H groups in total. The molecule has 1 unspecified atom stereocenters. The van der Waals surface area contributed by atoms with Gasteiger partial charge in [0.1, 0.15) is 0 Å². The lowest BCUT2D eigenvalue weighted by atomic mass is 9.79. The summed E-state index contributed by atoms with van der Waals surface area (Å²) in [4.78, 5) is 31.9. The van der Waals surface area contributed by atoms with E-state index in [1.54, 1.807) is 12.3 Å². The van der Waals surface area contributed by atoms with Crippen molar-refractivity contribution in [3.8, 4) is 11.3 Å². The second kappa shape index (κ2) is 10.9. The molecule has 8 nitrogen and oxygen atoms in total. The predicted molar refractivity (Wildman–Crippen MR) is 157 cm³/mol. The van der Waals surface area contributed by atoms with E-state index in [2.05, 4.69) is 37.2 Å². The number of hydrogen-bond acceptors (Lipinski definition) is 6. The third-order valence-corrected chi connectivity index (χ3v) is 8.92. The Hall–Kier alpha value is -2.94. The number of anilines is 1. The van der Waals surface area contributed by atoms with Gasteiger partial charge in [-0.15, -0.1) is 0 Å². The minimum absolute atomic E-state index is 0.151. The number of benzene rings is 1. The molecule has 3 fully saturated rings. The molecule has 2 aromatic heterocycles. The minimum atomic E-state index is 0.151. The molecule has 9 heteroatoms. The fourth-order valence-electron chi connectivity index (χ4n) is 6.63. The highest BCUT2D eigenvalue weighted by Crippen LogP contribution is 2.42. The average Bonchev–Trinajstić information content (AvgIpc) is 3.54. The number of nitrogens with one attached hydrogen (secondary N) is 2. The van der Waals surface area contributed by atoms with Crippen LogP contribution in [0.25, 0.3) is 22.2 Å². The van der Waals surface area contributed by atoms with Gasteiger partial charge in [0.2, 0.25) is 11.9 Å². The van der Waals surface area contributed by atoms with Crippen molar-refractivity contribution in [2.75, 3.05) is 52.1 Å². The van der Waals surface area contributed by atoms with Gasteiger partial charge in [0, 0.05) is 72.4 Å². The van der Waals surface area contributed by atoms with Crippen LogP contribution in [-0.4, -0.2) is 94.5 Å². The van der Waals surface area contributed by atoms with Crippen LogP contribution in [0, 0.1) is 5.41 Å². The summed E-state index contributed by atoms with van der Waals surface area (Å²) in [7, 11) is 4.02. The Kier molecular flexibility index (Phi) is 7.35. The normalized spacial score (nSPS) is 23.2. The molecule has 4 heterocycles. The highest BCUT2D eigenvalue weighted by Gasteiger charge is 2.50. The molecule has 1 amide bonds. The molecule has 1 saturated carbocycles. The van der Waals surface area contributed by atoms with Crippen molar-refractivity contribution in [3.05, 3.63) is 53.8 Å². The van der Waals surface area contributed by atoms with Crippen LogP contribution in [0.4, 0.5) is 5.95 Å². The Morgan fingerprint density at radius 3 is 2.95 bits per heavy atom. The fourth-order valence-corrected chi connectivity index (χ4v) is 6.82. The number of H-pyrrole nitrogens is 1. The van der Waals surface area contributed by atoms with Crippen molar-refractivity contribution in [2.24, 2.45) is 5.41 Å². The summed E-state index contributed by atoms with van der Waals surface area (Å²) in [6.45, 7) is 4.78. The molecular weight excluding hydrogens is 510 g/mol. The number of aromatic amines is 1. The van der Waals surface area contributed by atoms with Crippen LogP contribution >= 0.6 is 11.6 Å². The van der Waals surface area contributed by atoms with Gasteiger partial charge in [-0.2, -0.15) is 0 Å². The van der Waals surface area contributed by atoms with E-state index in [1.807, 2.05) is 43.4 Å². The second-order valence-electron chi connectivity index (χ2n) is 11.9. The van der Waals surface area contributed by atoms with Crippen LogP contribution in [0.3, 0.4) is 0 Å². The number of nitrogens with zero attached hydrogens (tertiary/aromatic N) is 5. The number of carbonyl (C=O) groups excluding carboxylic acids is 1. The van der Waals surface area contributed by atoms with Gasteiger partial charge in [0.25, 0.3) is 0 Å². The molecule has 1 aromatic carbocycles. The van der Waals surface area contributed by atoms with E-state index in [0.717, 1.165) is 67.7 Å². The van der Waals surface area contributed by atoms with Crippen molar-refractivity contribution in [2.45, 2.75) is 44.2 Å². The number of amides is 1. The lowest BCUT2D eigenvalue weighted by Crippen LogP contribution is -2.59. The third-order valence-electron chi connectivity index (χ3n) is 8.65. The van der Waals surface area contributed by atoms with Crippen molar-refractivity contribution in [1.82, 2.24) is 29.7 Å². The van der Waals surface area contributed by atoms with Crippen LogP contribution in [0.5, 0.6) is 0 Å². The van der Waals surface area contributed by atoms with E-state index in [9.17, 15) is 4.79 Å². The highest BCUT2D eigenvalue weighted by atomic mass is 35.5. The van der Waals surface area contributed by atoms with Crippen molar-refractivity contribution >= 4 is 34.4 Å². The number of aromatic nitrogens is 3. The lowest BCUT2D eigenvalue weighted by Gasteiger charge is -2.48. The number of fused-ring (bicyclic) bond motifs is 1. The summed E-state index contributed by atoms with van der Waals surface area (Å²) in [6.07, 6.45) is 13.2. The first-order valence-electron chi connectivity index (χ1n) is 14.1. The van der Waals surface area contributed by atoms with Crippen LogP contribution in [0.15, 0.2) is 48.8 Å². The van der Waals surface area contributed by atoms with Crippen molar-refractivity contribution in [3.63, 3.8) is 0 Å². The maximum atomic E-state index is 12.5. The molecule has 2 saturated heterocycles. The fraction of sp³-hybridized carbons (Fsp3) is 0.500. The van der Waals surface area contributed by atoms with Gasteiger partial charge in [-0.3, -0.25) is 9.69 Å². The molecule has 2 aliphatic heterocycles. The van der Waals surface area contributed by atoms with Crippen molar-refractivity contribution < 1.29 is 4.79 Å². The summed E-state index contributed by atoms with van der Waals surface area (Å²) in [5.41, 5.74) is 3.08. The number of carbonyl (C=O) groups is 1. The van der Waals surface area contributed by atoms with Gasteiger partial charge in [0.05, 0.1) is 16.9 Å². The van der Waals surface area contributed by atoms with Crippen LogP contribution in [0.1, 0.15) is 32.1 Å². The van der Waals surface area contributed by atoms with Gasteiger partial charge in [-0.1, -0.05) is 35.9 Å². The zero-order valence-electron chi connectivity index (χ0n) is 22.9. The Balaban J connectivity index is 1.06. The van der Waals surface area contributed by atoms with Crippen LogP contribution < -0.4 is 5.32 Å². The Morgan fingerprint density at radius 1 is 1.26 bits per heavy atom. The highest BCUT2D eigenvalue weighted by molar-refractivity contribution is 6.33. The summed E-state index contributed by atoms with van der Waals surface area (Å²) in [5, 5.41) is 5.28. The van der Waals surface area contributed by atoms with Crippen LogP contribution in [0.2, 0.25) is 5.02 Å². The monoisotopic (exact) mass is 547 g/mol. The third kappa shape index (κ3) is 5.55. The number of likely N-dealkylation sites (tertiary alicyclic amines) is 2. The summed E-state index contributed by atoms with van der Waals surface area (Å²) < 4.78 is 0.